The zero-order chi connectivity index (χ0) is 39.1. The predicted octanol–water partition coefficient (Wildman–Crippen LogP) is 6.98. The second kappa shape index (κ2) is 15.5. The van der Waals surface area contributed by atoms with E-state index in [1.54, 1.807) is 6.92 Å². The molecule has 3 aliphatic heterocycles. The van der Waals surface area contributed by atoms with E-state index in [4.69, 9.17) is 68.0 Å². The zero-order valence-electron chi connectivity index (χ0n) is 30.0. The molecule has 54 heavy (non-hydrogen) atoms. The van der Waals surface area contributed by atoms with Gasteiger partial charge in [-0.15, -0.1) is 0 Å². The van der Waals surface area contributed by atoms with Crippen LogP contribution in [-0.2, 0) is 36.9 Å². The van der Waals surface area contributed by atoms with Crippen molar-refractivity contribution in [3.63, 3.8) is 0 Å². The van der Waals surface area contributed by atoms with Crippen molar-refractivity contribution in [2.75, 3.05) is 27.1 Å². The number of alkyl halides is 3. The van der Waals surface area contributed by atoms with Crippen molar-refractivity contribution >= 4 is 58.7 Å². The van der Waals surface area contributed by atoms with Crippen LogP contribution in [0, 0.1) is 13.8 Å². The number of esters is 2. The van der Waals surface area contributed by atoms with Crippen molar-refractivity contribution in [2.24, 2.45) is 0 Å². The fourth-order valence-electron chi connectivity index (χ4n) is 7.05. The molecule has 1 saturated heterocycles. The van der Waals surface area contributed by atoms with Crippen LogP contribution in [0.1, 0.15) is 59.3 Å². The number of benzene rings is 3. The normalized spacial score (nSPS) is 17.8. The lowest BCUT2D eigenvalue weighted by Gasteiger charge is -2.52. The number of carbonyl (C=O) groups excluding carboxylic acids is 4. The van der Waals surface area contributed by atoms with Gasteiger partial charge < -0.3 is 38.1 Å². The minimum Gasteiger partial charge on any atom is -0.493 e. The van der Waals surface area contributed by atoms with Crippen LogP contribution in [-0.4, -0.2) is 70.7 Å². The monoisotopic (exact) mass is 802 g/mol. The first kappa shape index (κ1) is 38.9. The summed E-state index contributed by atoms with van der Waals surface area (Å²) in [5.74, 6) is -0.423. The Labute approximate surface area is 326 Å². The fourth-order valence-corrected chi connectivity index (χ4v) is 7.21. The van der Waals surface area contributed by atoms with Gasteiger partial charge in [0.05, 0.1) is 13.2 Å². The largest absolute Gasteiger partial charge is 0.493 e. The minimum atomic E-state index is -1.95. The Hall–Kier alpha value is -4.85. The van der Waals surface area contributed by atoms with Crippen molar-refractivity contribution in [2.45, 2.75) is 62.6 Å². The Kier molecular flexibility index (Phi) is 11.1. The van der Waals surface area contributed by atoms with Gasteiger partial charge in [-0.25, -0.2) is 4.79 Å². The summed E-state index contributed by atoms with van der Waals surface area (Å²) < 4.78 is 38.7. The fraction of sp³-hybridized carbons (Fsp3) is 0.368. The highest BCUT2D eigenvalue weighted by Gasteiger charge is 2.54. The molecule has 3 aromatic rings. The van der Waals surface area contributed by atoms with Crippen LogP contribution in [0.2, 0.25) is 0 Å². The average Bonchev–Trinajstić information content (AvgIpc) is 3.61. The number of hydrogen-bond donors (Lipinski definition) is 0. The van der Waals surface area contributed by atoms with Gasteiger partial charge in [0, 0.05) is 42.7 Å². The molecule has 2 bridgehead atoms. The molecule has 1 fully saturated rings. The Balaban J connectivity index is 1.54. The van der Waals surface area contributed by atoms with Gasteiger partial charge in [0.1, 0.15) is 37.7 Å². The molecule has 0 aliphatic carbocycles. The molecule has 3 aliphatic rings. The standard InChI is InChI=1S/C38H37Cl3N2O11/c1-19-12-25-13-27-36(46)42(28(16-49-22(4)44)26-14-29(54-23(5)45)20(2)33-34(26)53-18-52-33)21(3)31(43(27)37(47)51-17-38(39,40)41)30(25)35(32(19)48-6)50-15-24-10-8-7-9-11-24/h7-12,14,27-28,31H,3,13,15-18H2,1-2,4-6H3/t27?,28-,31+/m0/s1. The van der Waals surface area contributed by atoms with Crippen LogP contribution in [0.25, 0.3) is 0 Å². The quantitative estimate of drug-likeness (QED) is 0.119. The predicted molar refractivity (Wildman–Crippen MR) is 196 cm³/mol. The van der Waals surface area contributed by atoms with Crippen LogP contribution in [0.3, 0.4) is 0 Å². The molecule has 0 saturated carbocycles. The second-order valence-electron chi connectivity index (χ2n) is 12.9. The third-order valence-electron chi connectivity index (χ3n) is 9.23. The topological polar surface area (TPSA) is 139 Å². The van der Waals surface area contributed by atoms with Crippen LogP contribution in [0.4, 0.5) is 4.79 Å². The second-order valence-corrected chi connectivity index (χ2v) is 15.4. The van der Waals surface area contributed by atoms with E-state index in [2.05, 4.69) is 6.58 Å². The van der Waals surface area contributed by atoms with Crippen LogP contribution < -0.4 is 23.7 Å². The van der Waals surface area contributed by atoms with Gasteiger partial charge in [-0.05, 0) is 36.6 Å². The lowest BCUT2D eigenvalue weighted by atomic mass is 9.80. The molecular weight excluding hydrogens is 767 g/mol. The van der Waals surface area contributed by atoms with Gasteiger partial charge in [0.25, 0.3) is 5.91 Å². The molecule has 3 atom stereocenters. The van der Waals surface area contributed by atoms with E-state index in [0.717, 1.165) is 11.1 Å². The van der Waals surface area contributed by atoms with E-state index < -0.39 is 52.5 Å². The number of ether oxygens (including phenoxy) is 7. The summed E-state index contributed by atoms with van der Waals surface area (Å²) in [6, 6.07) is 9.44. The number of aryl methyl sites for hydroxylation is 1. The maximum Gasteiger partial charge on any atom is 0.411 e. The van der Waals surface area contributed by atoms with Gasteiger partial charge >= 0.3 is 18.0 Å². The summed E-state index contributed by atoms with van der Waals surface area (Å²) in [6.07, 6.45) is -0.944. The van der Waals surface area contributed by atoms with Crippen molar-refractivity contribution < 1.29 is 52.3 Å². The van der Waals surface area contributed by atoms with E-state index in [9.17, 15) is 19.2 Å². The summed E-state index contributed by atoms with van der Waals surface area (Å²) in [5.41, 5.74) is 3.64. The number of rotatable bonds is 10. The smallest absolute Gasteiger partial charge is 0.411 e. The van der Waals surface area contributed by atoms with Gasteiger partial charge in [-0.2, -0.15) is 0 Å². The number of hydrogen-bond acceptors (Lipinski definition) is 11. The molecule has 6 rings (SSSR count). The molecule has 0 N–H and O–H groups in total. The highest BCUT2D eigenvalue weighted by Crippen LogP contribution is 2.54. The van der Waals surface area contributed by atoms with E-state index in [-0.39, 0.29) is 49.4 Å². The SMILES string of the molecule is C=C1[C@@H]2c3c(cc(C)c(OC)c3OCc3ccccc3)CC(C(=O)N1[C@@H](COC(C)=O)c1cc(OC(C)=O)c(C)c3c1OCO3)N2C(=O)OCC(Cl)(Cl)Cl. The third-order valence-corrected chi connectivity index (χ3v) is 9.56. The Bertz CT molecular complexity index is 2020. The maximum absolute atomic E-state index is 14.9. The zero-order valence-corrected chi connectivity index (χ0v) is 32.3. The molecule has 13 nitrogen and oxygen atoms in total. The van der Waals surface area contributed by atoms with Crippen molar-refractivity contribution in [1.82, 2.24) is 9.80 Å². The molecule has 3 aromatic carbocycles. The highest BCUT2D eigenvalue weighted by atomic mass is 35.6. The molecule has 0 spiro atoms. The number of piperazine rings is 1. The van der Waals surface area contributed by atoms with Crippen LogP contribution >= 0.6 is 34.8 Å². The molecule has 1 unspecified atom stereocenters. The van der Waals surface area contributed by atoms with E-state index in [1.165, 1.54) is 36.8 Å². The Morgan fingerprint density at radius 1 is 1.00 bits per heavy atom. The van der Waals surface area contributed by atoms with Gasteiger partial charge in [0.2, 0.25) is 10.6 Å². The lowest BCUT2D eigenvalue weighted by Crippen LogP contribution is -2.62. The Morgan fingerprint density at radius 3 is 2.35 bits per heavy atom. The molecule has 0 aromatic heterocycles. The molecular formula is C38H37Cl3N2O11. The van der Waals surface area contributed by atoms with Gasteiger partial charge in [0.15, 0.2) is 23.0 Å². The van der Waals surface area contributed by atoms with Crippen LogP contribution in [0.5, 0.6) is 28.7 Å². The molecule has 16 heteroatoms. The highest BCUT2D eigenvalue weighted by molar-refractivity contribution is 6.67. The number of methoxy groups -OCH3 is 1. The summed E-state index contributed by atoms with van der Waals surface area (Å²) in [6.45, 7) is 9.39. The van der Waals surface area contributed by atoms with E-state index in [1.807, 2.05) is 43.3 Å². The molecule has 3 heterocycles. The van der Waals surface area contributed by atoms with Gasteiger partial charge in [-0.1, -0.05) is 77.8 Å². The summed E-state index contributed by atoms with van der Waals surface area (Å²) in [5, 5.41) is 0. The van der Waals surface area contributed by atoms with Crippen molar-refractivity contribution in [1.29, 1.82) is 0 Å². The van der Waals surface area contributed by atoms with Gasteiger partial charge in [-0.3, -0.25) is 19.3 Å². The summed E-state index contributed by atoms with van der Waals surface area (Å²) >= 11 is 17.9. The number of nitrogens with zero attached hydrogens (tertiary/aromatic N) is 2. The molecule has 2 amide bonds. The van der Waals surface area contributed by atoms with E-state index >= 15 is 0 Å². The number of halogens is 3. The lowest BCUT2D eigenvalue weighted by molar-refractivity contribution is -0.150. The van der Waals surface area contributed by atoms with E-state index in [0.29, 0.717) is 33.8 Å². The number of amides is 2. The van der Waals surface area contributed by atoms with Crippen molar-refractivity contribution in [3.8, 4) is 28.7 Å². The first-order valence-corrected chi connectivity index (χ1v) is 17.9. The maximum atomic E-state index is 14.9. The minimum absolute atomic E-state index is 0.00838. The average molecular weight is 804 g/mol. The summed E-state index contributed by atoms with van der Waals surface area (Å²) in [4.78, 5) is 56.1. The first-order chi connectivity index (χ1) is 25.6. The third kappa shape index (κ3) is 7.57. The Morgan fingerprint density at radius 2 is 1.70 bits per heavy atom. The molecule has 0 radical (unpaired) electrons. The summed E-state index contributed by atoms with van der Waals surface area (Å²) in [7, 11) is 1.50. The number of fused-ring (bicyclic) bond motifs is 5. The first-order valence-electron chi connectivity index (χ1n) is 16.8. The number of carbonyl (C=O) groups is 4. The molecule has 286 valence electrons. The van der Waals surface area contributed by atoms with Crippen LogP contribution in [0.15, 0.2) is 54.7 Å². The van der Waals surface area contributed by atoms with Crippen molar-refractivity contribution in [3.05, 3.63) is 88.1 Å².